The quantitative estimate of drug-likeness (QED) is 0.600. The van der Waals surface area contributed by atoms with Gasteiger partial charge < -0.3 is 14.8 Å². The molecule has 0 spiro atoms. The number of ether oxygens (including phenoxy) is 2. The van der Waals surface area contributed by atoms with Crippen LogP contribution >= 0.6 is 0 Å². The van der Waals surface area contributed by atoms with E-state index in [4.69, 9.17) is 9.47 Å². The Bertz CT molecular complexity index is 195. The van der Waals surface area contributed by atoms with Crippen molar-refractivity contribution in [1.29, 1.82) is 0 Å². The van der Waals surface area contributed by atoms with Crippen molar-refractivity contribution in [2.45, 2.75) is 65.1 Å². The van der Waals surface area contributed by atoms with E-state index in [9.17, 15) is 0 Å². The molecular formula is C14H31NO2. The van der Waals surface area contributed by atoms with Crippen molar-refractivity contribution < 1.29 is 9.47 Å². The first kappa shape index (κ1) is 16.9. The van der Waals surface area contributed by atoms with Crippen LogP contribution in [0.3, 0.4) is 0 Å². The smallest absolute Gasteiger partial charge is 0.0664 e. The minimum atomic E-state index is -0.0870. The first-order valence-corrected chi connectivity index (χ1v) is 6.79. The topological polar surface area (TPSA) is 30.5 Å². The Morgan fingerprint density at radius 3 is 2.18 bits per heavy atom. The van der Waals surface area contributed by atoms with Crippen molar-refractivity contribution in [2.75, 3.05) is 26.8 Å². The van der Waals surface area contributed by atoms with Crippen molar-refractivity contribution >= 4 is 0 Å². The highest BCUT2D eigenvalue weighted by Gasteiger charge is 2.24. The second-order valence-electron chi connectivity index (χ2n) is 5.47. The molecule has 0 amide bonds. The zero-order valence-corrected chi connectivity index (χ0v) is 12.6. The van der Waals surface area contributed by atoms with E-state index in [1.54, 1.807) is 7.11 Å². The maximum atomic E-state index is 6.04. The summed E-state index contributed by atoms with van der Waals surface area (Å²) in [7, 11) is 1.75. The Morgan fingerprint density at radius 1 is 1.06 bits per heavy atom. The molecule has 1 atom stereocenters. The molecule has 0 radical (unpaired) electrons. The monoisotopic (exact) mass is 245 g/mol. The molecule has 3 nitrogen and oxygen atoms in total. The van der Waals surface area contributed by atoms with Gasteiger partial charge in [0, 0.05) is 7.11 Å². The van der Waals surface area contributed by atoms with Gasteiger partial charge in [0.25, 0.3) is 0 Å². The van der Waals surface area contributed by atoms with Crippen LogP contribution in [0.2, 0.25) is 0 Å². The van der Waals surface area contributed by atoms with E-state index in [1.807, 2.05) is 0 Å². The molecule has 104 valence electrons. The molecule has 0 saturated carbocycles. The summed E-state index contributed by atoms with van der Waals surface area (Å²) in [6.07, 6.45) is 3.04. The second kappa shape index (κ2) is 8.06. The Morgan fingerprint density at radius 2 is 1.71 bits per heavy atom. The largest absolute Gasteiger partial charge is 0.379 e. The minimum absolute atomic E-state index is 0.00795. The number of hydrogen-bond donors (Lipinski definition) is 1. The van der Waals surface area contributed by atoms with E-state index >= 15 is 0 Å². The Hall–Kier alpha value is -0.120. The van der Waals surface area contributed by atoms with Gasteiger partial charge >= 0.3 is 0 Å². The Kier molecular flexibility index (Phi) is 8.01. The third-order valence-electron chi connectivity index (χ3n) is 3.54. The summed E-state index contributed by atoms with van der Waals surface area (Å²) in [5.41, 5.74) is -0.0949. The van der Waals surface area contributed by atoms with Gasteiger partial charge in [-0.3, -0.25) is 0 Å². The van der Waals surface area contributed by atoms with Gasteiger partial charge in [0.15, 0.2) is 0 Å². The molecule has 17 heavy (non-hydrogen) atoms. The fourth-order valence-electron chi connectivity index (χ4n) is 1.53. The highest BCUT2D eigenvalue weighted by Crippen LogP contribution is 2.21. The summed E-state index contributed by atoms with van der Waals surface area (Å²) in [6.45, 7) is 13.5. The van der Waals surface area contributed by atoms with Crippen LogP contribution in [0.1, 0.15) is 53.9 Å². The second-order valence-corrected chi connectivity index (χ2v) is 5.47. The highest BCUT2D eigenvalue weighted by molar-refractivity contribution is 4.76. The van der Waals surface area contributed by atoms with Crippen LogP contribution in [-0.2, 0) is 9.47 Å². The predicted octanol–water partition coefficient (Wildman–Crippen LogP) is 2.99. The van der Waals surface area contributed by atoms with Gasteiger partial charge in [0.1, 0.15) is 0 Å². The molecule has 0 rings (SSSR count). The molecule has 0 aliphatic heterocycles. The maximum Gasteiger partial charge on any atom is 0.0664 e. The van der Waals surface area contributed by atoms with Crippen molar-refractivity contribution in [1.82, 2.24) is 5.32 Å². The molecule has 1 N–H and O–H groups in total. The normalized spacial score (nSPS) is 15.9. The van der Waals surface area contributed by atoms with Gasteiger partial charge in [-0.05, 0) is 53.1 Å². The van der Waals surface area contributed by atoms with Crippen LogP contribution in [0.25, 0.3) is 0 Å². The van der Waals surface area contributed by atoms with E-state index in [0.717, 1.165) is 39.0 Å². The molecule has 0 fully saturated rings. The van der Waals surface area contributed by atoms with Gasteiger partial charge in [-0.2, -0.15) is 0 Å². The molecule has 0 aromatic heterocycles. The first-order chi connectivity index (χ1) is 7.89. The van der Waals surface area contributed by atoms with Crippen LogP contribution in [-0.4, -0.2) is 38.0 Å². The van der Waals surface area contributed by atoms with Crippen molar-refractivity contribution in [3.05, 3.63) is 0 Å². The van der Waals surface area contributed by atoms with Crippen LogP contribution in [0.4, 0.5) is 0 Å². The first-order valence-electron chi connectivity index (χ1n) is 6.79. The number of hydrogen-bond acceptors (Lipinski definition) is 3. The van der Waals surface area contributed by atoms with E-state index in [0.29, 0.717) is 0 Å². The standard InChI is InChI=1S/C14H31NO2/c1-7-14(5,9-11-15-8-2)17-12-10-13(3,4)16-6/h15H,7-12H2,1-6H3. The molecule has 0 bridgehead atoms. The minimum Gasteiger partial charge on any atom is -0.379 e. The van der Waals surface area contributed by atoms with Crippen LogP contribution in [0.15, 0.2) is 0 Å². The molecule has 1 unspecified atom stereocenters. The average Bonchev–Trinajstić information content (AvgIpc) is 2.29. The van der Waals surface area contributed by atoms with Gasteiger partial charge in [0.05, 0.1) is 17.8 Å². The van der Waals surface area contributed by atoms with Gasteiger partial charge in [0.2, 0.25) is 0 Å². The molecular weight excluding hydrogens is 214 g/mol. The zero-order chi connectivity index (χ0) is 13.4. The third-order valence-corrected chi connectivity index (χ3v) is 3.54. The van der Waals surface area contributed by atoms with E-state index in [1.165, 1.54) is 0 Å². The molecule has 3 heteroatoms. The van der Waals surface area contributed by atoms with Crippen LogP contribution in [0.5, 0.6) is 0 Å². The Labute approximate surface area is 107 Å². The Balaban J connectivity index is 3.94. The summed E-state index contributed by atoms with van der Waals surface area (Å²) in [5, 5.41) is 3.35. The van der Waals surface area contributed by atoms with Crippen LogP contribution < -0.4 is 5.32 Å². The molecule has 0 heterocycles. The molecule has 0 aromatic carbocycles. The lowest BCUT2D eigenvalue weighted by molar-refractivity contribution is -0.0711. The van der Waals surface area contributed by atoms with Crippen molar-refractivity contribution in [2.24, 2.45) is 0 Å². The fourth-order valence-corrected chi connectivity index (χ4v) is 1.53. The molecule has 0 saturated heterocycles. The lowest BCUT2D eigenvalue weighted by Crippen LogP contribution is -2.34. The maximum absolute atomic E-state index is 6.04. The number of rotatable bonds is 10. The van der Waals surface area contributed by atoms with Crippen molar-refractivity contribution in [3.63, 3.8) is 0 Å². The molecule has 0 aromatic rings. The summed E-state index contributed by atoms with van der Waals surface area (Å²) in [4.78, 5) is 0. The van der Waals surface area contributed by atoms with E-state index in [-0.39, 0.29) is 11.2 Å². The van der Waals surface area contributed by atoms with Gasteiger partial charge in [-0.1, -0.05) is 13.8 Å². The van der Waals surface area contributed by atoms with Gasteiger partial charge in [-0.15, -0.1) is 0 Å². The number of nitrogens with one attached hydrogen (secondary N) is 1. The predicted molar refractivity (Wildman–Crippen MR) is 73.5 cm³/mol. The van der Waals surface area contributed by atoms with Crippen molar-refractivity contribution in [3.8, 4) is 0 Å². The number of methoxy groups -OCH3 is 1. The summed E-state index contributed by atoms with van der Waals surface area (Å²) < 4.78 is 11.4. The fraction of sp³-hybridized carbons (Fsp3) is 1.00. The summed E-state index contributed by atoms with van der Waals surface area (Å²) in [6, 6.07) is 0. The SMILES string of the molecule is CCNCCC(C)(CC)OCCC(C)(C)OC. The average molecular weight is 245 g/mol. The summed E-state index contributed by atoms with van der Waals surface area (Å²) >= 11 is 0. The lowest BCUT2D eigenvalue weighted by atomic mass is 9.98. The lowest BCUT2D eigenvalue weighted by Gasteiger charge is -2.31. The highest BCUT2D eigenvalue weighted by atomic mass is 16.5. The third kappa shape index (κ3) is 7.74. The molecule has 0 aliphatic rings. The molecule has 0 aliphatic carbocycles. The zero-order valence-electron chi connectivity index (χ0n) is 12.6. The van der Waals surface area contributed by atoms with E-state index in [2.05, 4.69) is 39.9 Å². The van der Waals surface area contributed by atoms with Crippen LogP contribution in [0, 0.1) is 0 Å². The summed E-state index contributed by atoms with van der Waals surface area (Å²) in [5.74, 6) is 0. The van der Waals surface area contributed by atoms with E-state index < -0.39 is 0 Å². The van der Waals surface area contributed by atoms with Gasteiger partial charge in [-0.25, -0.2) is 0 Å².